The molecule has 9 heteroatoms. The highest BCUT2D eigenvalue weighted by Gasteiger charge is 2.44. The summed E-state index contributed by atoms with van der Waals surface area (Å²) in [5.41, 5.74) is 4.61. The molecule has 0 radical (unpaired) electrons. The minimum absolute atomic E-state index is 0.122. The average molecular weight is 540 g/mol. The number of fused-ring (bicyclic) bond motifs is 3. The molecule has 1 N–H and O–H groups in total. The van der Waals surface area contributed by atoms with Gasteiger partial charge in [-0.3, -0.25) is 14.0 Å². The van der Waals surface area contributed by atoms with Crippen LogP contribution in [0.15, 0.2) is 78.6 Å². The van der Waals surface area contributed by atoms with Crippen LogP contribution in [-0.4, -0.2) is 47.2 Å². The van der Waals surface area contributed by atoms with E-state index in [1.807, 2.05) is 70.6 Å². The van der Waals surface area contributed by atoms with Crippen LogP contribution >= 0.6 is 11.3 Å². The number of para-hydroxylation sites is 2. The number of aryl methyl sites for hydroxylation is 2. The van der Waals surface area contributed by atoms with Crippen molar-refractivity contribution < 1.29 is 14.7 Å². The van der Waals surface area contributed by atoms with Crippen LogP contribution in [0.5, 0.6) is 0 Å². The summed E-state index contributed by atoms with van der Waals surface area (Å²) in [5, 5.41) is 11.1. The minimum Gasteiger partial charge on any atom is -0.503 e. The number of carbonyl (C=O) groups is 2. The number of aliphatic hydroxyl groups is 1. The molecule has 5 aromatic rings. The summed E-state index contributed by atoms with van der Waals surface area (Å²) in [6.07, 6.45) is 5.97. The Morgan fingerprint density at radius 1 is 1.10 bits per heavy atom. The van der Waals surface area contributed by atoms with Gasteiger partial charge in [-0.2, -0.15) is 0 Å². The molecule has 0 saturated heterocycles. The van der Waals surface area contributed by atoms with Crippen LogP contribution in [0, 0.1) is 6.92 Å². The van der Waals surface area contributed by atoms with Crippen LogP contribution in [0.4, 0.5) is 0 Å². The van der Waals surface area contributed by atoms with E-state index in [1.165, 1.54) is 11.3 Å². The summed E-state index contributed by atoms with van der Waals surface area (Å²) in [4.78, 5) is 39.1. The first kappa shape index (κ1) is 25.1. The third-order valence-electron chi connectivity index (χ3n) is 7.44. The van der Waals surface area contributed by atoms with E-state index < -0.39 is 17.7 Å². The van der Waals surface area contributed by atoms with Gasteiger partial charge in [0.1, 0.15) is 0 Å². The highest BCUT2D eigenvalue weighted by Crippen LogP contribution is 2.41. The molecular weight excluding hydrogens is 510 g/mol. The molecule has 0 bridgehead atoms. The van der Waals surface area contributed by atoms with Gasteiger partial charge in [-0.25, -0.2) is 9.97 Å². The molecule has 198 valence electrons. The van der Waals surface area contributed by atoms with Crippen LogP contribution in [0.2, 0.25) is 0 Å². The van der Waals surface area contributed by atoms with Crippen LogP contribution < -0.4 is 0 Å². The molecule has 3 aromatic heterocycles. The molecular formula is C30H29N5O3S. The SMILES string of the molecule is Cc1c(C(=O)C2=C(O)C(=O)N(CCCn3ccnc3)C2c2ccc(C(C)C)cc2)sc2nc3ccccc3n12. The molecule has 1 amide bonds. The van der Waals surface area contributed by atoms with Gasteiger partial charge in [0.2, 0.25) is 5.78 Å². The van der Waals surface area contributed by atoms with Gasteiger partial charge in [-0.15, -0.1) is 0 Å². The number of ketones is 1. The van der Waals surface area contributed by atoms with E-state index in [9.17, 15) is 14.7 Å². The molecule has 1 atom stereocenters. The maximum absolute atomic E-state index is 14.2. The first-order chi connectivity index (χ1) is 18.8. The third-order valence-corrected chi connectivity index (χ3v) is 8.58. The van der Waals surface area contributed by atoms with Crippen LogP contribution in [-0.2, 0) is 11.3 Å². The molecule has 0 aliphatic carbocycles. The number of aliphatic hydroxyl groups excluding tert-OH is 1. The lowest BCUT2D eigenvalue weighted by Crippen LogP contribution is -2.32. The number of benzene rings is 2. The number of imidazole rings is 2. The largest absolute Gasteiger partial charge is 0.503 e. The molecule has 39 heavy (non-hydrogen) atoms. The zero-order valence-corrected chi connectivity index (χ0v) is 22.9. The fraction of sp³-hybridized carbons (Fsp3) is 0.267. The number of hydrogen-bond donors (Lipinski definition) is 1. The Labute approximate surface area is 229 Å². The van der Waals surface area contributed by atoms with Crippen molar-refractivity contribution in [2.75, 3.05) is 6.54 Å². The molecule has 0 fully saturated rings. The average Bonchev–Trinajstić information content (AvgIpc) is 3.70. The van der Waals surface area contributed by atoms with Gasteiger partial charge in [0.25, 0.3) is 5.91 Å². The number of amides is 1. The highest BCUT2D eigenvalue weighted by atomic mass is 32.1. The fourth-order valence-electron chi connectivity index (χ4n) is 5.36. The molecule has 1 unspecified atom stereocenters. The first-order valence-corrected chi connectivity index (χ1v) is 13.9. The zero-order valence-electron chi connectivity index (χ0n) is 22.0. The van der Waals surface area contributed by atoms with Crippen LogP contribution in [0.3, 0.4) is 0 Å². The third kappa shape index (κ3) is 4.23. The lowest BCUT2D eigenvalue weighted by molar-refractivity contribution is -0.129. The molecule has 4 heterocycles. The number of hydrogen-bond acceptors (Lipinski definition) is 6. The second-order valence-corrected chi connectivity index (χ2v) is 11.2. The molecule has 0 saturated carbocycles. The van der Waals surface area contributed by atoms with Gasteiger partial charge in [-0.05, 0) is 42.5 Å². The van der Waals surface area contributed by atoms with Gasteiger partial charge in [0.05, 0.1) is 33.9 Å². The van der Waals surface area contributed by atoms with Crippen molar-refractivity contribution >= 4 is 39.0 Å². The normalized spacial score (nSPS) is 15.9. The summed E-state index contributed by atoms with van der Waals surface area (Å²) in [6, 6.07) is 15.1. The Hall–Kier alpha value is -4.24. The van der Waals surface area contributed by atoms with Crippen molar-refractivity contribution in [2.24, 2.45) is 0 Å². The van der Waals surface area contributed by atoms with Crippen molar-refractivity contribution in [2.45, 2.75) is 45.7 Å². The maximum atomic E-state index is 14.2. The summed E-state index contributed by atoms with van der Waals surface area (Å²) < 4.78 is 3.92. The summed E-state index contributed by atoms with van der Waals surface area (Å²) in [6.45, 7) is 7.18. The molecule has 2 aromatic carbocycles. The quantitative estimate of drug-likeness (QED) is 0.250. The number of carbonyl (C=O) groups excluding carboxylic acids is 2. The molecule has 0 spiro atoms. The van der Waals surface area contributed by atoms with E-state index >= 15 is 0 Å². The van der Waals surface area contributed by atoms with E-state index in [4.69, 9.17) is 0 Å². The standard InChI is InChI=1S/C30H29N5O3S/c1-18(2)20-9-11-21(12-10-20)25-24(27(37)29(38)34(25)15-6-14-33-16-13-31-17-33)26(36)28-19(3)35-23-8-5-4-7-22(23)32-30(35)39-28/h4-5,7-13,16-18,25,37H,6,14-15H2,1-3H3. The number of Topliss-reactive ketones (excluding diaryl/α,β-unsaturated/α-hetero) is 1. The monoisotopic (exact) mass is 539 g/mol. The summed E-state index contributed by atoms with van der Waals surface area (Å²) >= 11 is 1.29. The Morgan fingerprint density at radius 2 is 1.87 bits per heavy atom. The van der Waals surface area contributed by atoms with Gasteiger partial charge >= 0.3 is 0 Å². The molecule has 1 aliphatic rings. The van der Waals surface area contributed by atoms with Crippen molar-refractivity contribution in [1.82, 2.24) is 23.8 Å². The smallest absolute Gasteiger partial charge is 0.290 e. The lowest BCUT2D eigenvalue weighted by atomic mass is 9.93. The molecule has 1 aliphatic heterocycles. The van der Waals surface area contributed by atoms with Crippen molar-refractivity contribution in [3.05, 3.63) is 100 Å². The Morgan fingerprint density at radius 3 is 2.59 bits per heavy atom. The van der Waals surface area contributed by atoms with Gasteiger partial charge in [0.15, 0.2) is 10.7 Å². The van der Waals surface area contributed by atoms with Gasteiger partial charge < -0.3 is 14.6 Å². The minimum atomic E-state index is -0.681. The summed E-state index contributed by atoms with van der Waals surface area (Å²) in [5.74, 6) is -0.990. The van der Waals surface area contributed by atoms with Gasteiger partial charge in [-0.1, -0.05) is 61.6 Å². The Balaban J connectivity index is 1.40. The summed E-state index contributed by atoms with van der Waals surface area (Å²) in [7, 11) is 0. The van der Waals surface area contributed by atoms with Crippen molar-refractivity contribution in [1.29, 1.82) is 0 Å². The van der Waals surface area contributed by atoms with E-state index in [0.29, 0.717) is 35.3 Å². The van der Waals surface area contributed by atoms with E-state index in [0.717, 1.165) is 27.9 Å². The second kappa shape index (κ2) is 9.81. The molecule has 6 rings (SSSR count). The van der Waals surface area contributed by atoms with Crippen LogP contribution in [0.25, 0.3) is 16.0 Å². The Bertz CT molecular complexity index is 1730. The van der Waals surface area contributed by atoms with Crippen molar-refractivity contribution in [3.63, 3.8) is 0 Å². The predicted molar refractivity (Wildman–Crippen MR) is 151 cm³/mol. The lowest BCUT2D eigenvalue weighted by Gasteiger charge is -2.27. The predicted octanol–water partition coefficient (Wildman–Crippen LogP) is 5.85. The van der Waals surface area contributed by atoms with Gasteiger partial charge in [0, 0.05) is 31.2 Å². The topological polar surface area (TPSA) is 92.7 Å². The van der Waals surface area contributed by atoms with E-state index in [2.05, 4.69) is 23.8 Å². The number of nitrogens with zero attached hydrogens (tertiary/aromatic N) is 5. The maximum Gasteiger partial charge on any atom is 0.290 e. The highest BCUT2D eigenvalue weighted by molar-refractivity contribution is 7.19. The second-order valence-electron chi connectivity index (χ2n) is 10.2. The first-order valence-electron chi connectivity index (χ1n) is 13.1. The van der Waals surface area contributed by atoms with Crippen LogP contribution in [0.1, 0.15) is 58.7 Å². The number of rotatable bonds is 8. The fourth-order valence-corrected chi connectivity index (χ4v) is 6.46. The zero-order chi connectivity index (χ0) is 27.3. The van der Waals surface area contributed by atoms with Crippen molar-refractivity contribution in [3.8, 4) is 0 Å². The number of aromatic nitrogens is 4. The van der Waals surface area contributed by atoms with E-state index in [-0.39, 0.29) is 11.4 Å². The molecule has 8 nitrogen and oxygen atoms in total. The van der Waals surface area contributed by atoms with E-state index in [1.54, 1.807) is 17.4 Å². The Kier molecular flexibility index (Phi) is 6.31. The number of thiazole rings is 1.